The molecule has 0 radical (unpaired) electrons. The van der Waals surface area contributed by atoms with Gasteiger partial charge in [-0.1, -0.05) is 25.6 Å². The van der Waals surface area contributed by atoms with E-state index in [1.165, 1.54) is 0 Å². The van der Waals surface area contributed by atoms with Gasteiger partial charge >= 0.3 is 0 Å². The Balaban J connectivity index is 0.00000139. The molecule has 0 saturated carbocycles. The Morgan fingerprint density at radius 1 is 0.958 bits per heavy atom. The Hall–Kier alpha value is -1.77. The lowest BCUT2D eigenvalue weighted by atomic mass is 10.2. The number of methoxy groups -OCH3 is 2. The standard InChI is InChI=1S/C17H17NO2S2.C2H6/c1-19-13-9-14(20-2)11-16(10-13)22-17-5-4-15(21-3)8-12(17)6-7-18;1-2/h4-5,8-11H,6H2,1-3H3;1-2H3. The molecule has 0 fully saturated rings. The van der Waals surface area contributed by atoms with Gasteiger partial charge in [-0.3, -0.25) is 0 Å². The Bertz CT molecular complexity index is 674. The fourth-order valence-electron chi connectivity index (χ4n) is 1.97. The van der Waals surface area contributed by atoms with Crippen LogP contribution in [0.4, 0.5) is 0 Å². The largest absolute Gasteiger partial charge is 0.497 e. The van der Waals surface area contributed by atoms with E-state index in [9.17, 15) is 0 Å². The molecule has 0 aromatic heterocycles. The molecular weight excluding hydrogens is 338 g/mol. The zero-order chi connectivity index (χ0) is 17.9. The molecule has 0 aliphatic rings. The highest BCUT2D eigenvalue weighted by Gasteiger charge is 2.08. The van der Waals surface area contributed by atoms with Crippen molar-refractivity contribution in [2.75, 3.05) is 20.5 Å². The average Bonchev–Trinajstić information content (AvgIpc) is 2.64. The van der Waals surface area contributed by atoms with E-state index in [0.29, 0.717) is 6.42 Å². The molecule has 0 spiro atoms. The van der Waals surface area contributed by atoms with E-state index in [4.69, 9.17) is 14.7 Å². The molecule has 0 bridgehead atoms. The van der Waals surface area contributed by atoms with E-state index in [1.54, 1.807) is 37.7 Å². The molecule has 0 atom stereocenters. The number of thioether (sulfide) groups is 1. The SMILES string of the molecule is CC.COc1cc(OC)cc(Sc2ccc(SC)cc2CC#N)c1. The lowest BCUT2D eigenvalue weighted by molar-refractivity contribution is 0.392. The molecule has 0 N–H and O–H groups in total. The van der Waals surface area contributed by atoms with Crippen LogP contribution >= 0.6 is 23.5 Å². The Kier molecular flexibility index (Phi) is 9.21. The first-order valence-electron chi connectivity index (χ1n) is 7.65. The monoisotopic (exact) mass is 361 g/mol. The minimum Gasteiger partial charge on any atom is -0.497 e. The van der Waals surface area contributed by atoms with Crippen LogP contribution in [0.3, 0.4) is 0 Å². The van der Waals surface area contributed by atoms with Crippen molar-refractivity contribution in [1.82, 2.24) is 0 Å². The lowest BCUT2D eigenvalue weighted by Crippen LogP contribution is -1.90. The highest BCUT2D eigenvalue weighted by Crippen LogP contribution is 2.36. The first-order valence-corrected chi connectivity index (χ1v) is 9.69. The van der Waals surface area contributed by atoms with Gasteiger partial charge in [0, 0.05) is 20.8 Å². The molecule has 0 aliphatic heterocycles. The molecular formula is C19H23NO2S2. The van der Waals surface area contributed by atoms with Gasteiger partial charge < -0.3 is 9.47 Å². The quantitative estimate of drug-likeness (QED) is 0.620. The summed E-state index contributed by atoms with van der Waals surface area (Å²) in [6, 6.07) is 14.2. The van der Waals surface area contributed by atoms with E-state index >= 15 is 0 Å². The number of nitrogens with zero attached hydrogens (tertiary/aromatic N) is 1. The van der Waals surface area contributed by atoms with Crippen molar-refractivity contribution < 1.29 is 9.47 Å². The topological polar surface area (TPSA) is 42.2 Å². The van der Waals surface area contributed by atoms with Crippen molar-refractivity contribution in [3.8, 4) is 17.6 Å². The second-order valence-corrected chi connectivity index (χ2v) is 6.45. The molecule has 5 heteroatoms. The summed E-state index contributed by atoms with van der Waals surface area (Å²) in [6.07, 6.45) is 2.43. The van der Waals surface area contributed by atoms with Gasteiger partial charge in [0.2, 0.25) is 0 Å². The molecule has 0 unspecified atom stereocenters. The van der Waals surface area contributed by atoms with E-state index in [1.807, 2.05) is 38.3 Å². The number of hydrogen-bond acceptors (Lipinski definition) is 5. The molecule has 0 saturated heterocycles. The summed E-state index contributed by atoms with van der Waals surface area (Å²) in [5, 5.41) is 9.03. The van der Waals surface area contributed by atoms with Crippen LogP contribution < -0.4 is 9.47 Å². The molecule has 24 heavy (non-hydrogen) atoms. The maximum atomic E-state index is 9.03. The highest BCUT2D eigenvalue weighted by molar-refractivity contribution is 7.99. The van der Waals surface area contributed by atoms with E-state index in [0.717, 1.165) is 31.7 Å². The molecule has 0 aliphatic carbocycles. The summed E-state index contributed by atoms with van der Waals surface area (Å²) in [5.74, 6) is 1.51. The maximum Gasteiger partial charge on any atom is 0.123 e. The smallest absolute Gasteiger partial charge is 0.123 e. The van der Waals surface area contributed by atoms with Gasteiger partial charge in [0.1, 0.15) is 11.5 Å². The van der Waals surface area contributed by atoms with Gasteiger partial charge in [0.25, 0.3) is 0 Å². The molecule has 2 aromatic rings. The third kappa shape index (κ3) is 5.70. The molecule has 128 valence electrons. The second-order valence-electron chi connectivity index (χ2n) is 4.46. The van der Waals surface area contributed by atoms with Crippen molar-refractivity contribution in [2.24, 2.45) is 0 Å². The van der Waals surface area contributed by atoms with Gasteiger partial charge in [0.15, 0.2) is 0 Å². The third-order valence-electron chi connectivity index (χ3n) is 3.09. The first-order chi connectivity index (χ1) is 11.7. The molecule has 2 aromatic carbocycles. The van der Waals surface area contributed by atoms with Gasteiger partial charge in [-0.25, -0.2) is 0 Å². The summed E-state index contributed by atoms with van der Waals surface area (Å²) in [7, 11) is 3.27. The van der Waals surface area contributed by atoms with E-state index in [-0.39, 0.29) is 0 Å². The molecule has 0 heterocycles. The Morgan fingerprint density at radius 2 is 1.58 bits per heavy atom. The highest BCUT2D eigenvalue weighted by atomic mass is 32.2. The summed E-state index contributed by atoms with van der Waals surface area (Å²) in [6.45, 7) is 4.00. The lowest BCUT2D eigenvalue weighted by Gasteiger charge is -2.11. The first kappa shape index (κ1) is 20.3. The van der Waals surface area contributed by atoms with Crippen LogP contribution in [0, 0.1) is 11.3 Å². The number of hydrogen-bond donors (Lipinski definition) is 0. The summed E-state index contributed by atoms with van der Waals surface area (Å²) in [5.41, 5.74) is 1.04. The fraction of sp³-hybridized carbons (Fsp3) is 0.316. The van der Waals surface area contributed by atoms with Crippen LogP contribution in [0.5, 0.6) is 11.5 Å². The van der Waals surface area contributed by atoms with Crippen LogP contribution in [0.2, 0.25) is 0 Å². The maximum absolute atomic E-state index is 9.03. The number of benzene rings is 2. The van der Waals surface area contributed by atoms with Crippen LogP contribution in [0.1, 0.15) is 19.4 Å². The Labute approximate surface area is 153 Å². The number of rotatable bonds is 6. The van der Waals surface area contributed by atoms with Gasteiger partial charge in [-0.05, 0) is 42.2 Å². The number of nitriles is 1. The van der Waals surface area contributed by atoms with Gasteiger partial charge in [-0.15, -0.1) is 11.8 Å². The van der Waals surface area contributed by atoms with Crippen LogP contribution in [-0.4, -0.2) is 20.5 Å². The molecule has 2 rings (SSSR count). The van der Waals surface area contributed by atoms with Crippen LogP contribution in [0.15, 0.2) is 51.1 Å². The van der Waals surface area contributed by atoms with Gasteiger partial charge in [0.05, 0.1) is 26.7 Å². The normalized spacial score (nSPS) is 9.50. The minimum atomic E-state index is 0.401. The number of ether oxygens (including phenoxy) is 2. The predicted octanol–water partition coefficient (Wildman–Crippen LogP) is 5.67. The molecule has 0 amide bonds. The van der Waals surface area contributed by atoms with Crippen LogP contribution in [0.25, 0.3) is 0 Å². The summed E-state index contributed by atoms with van der Waals surface area (Å²) < 4.78 is 10.6. The Morgan fingerprint density at radius 3 is 2.08 bits per heavy atom. The van der Waals surface area contributed by atoms with E-state index < -0.39 is 0 Å². The van der Waals surface area contributed by atoms with Crippen molar-refractivity contribution in [3.63, 3.8) is 0 Å². The predicted molar refractivity (Wildman–Crippen MR) is 103 cm³/mol. The average molecular weight is 362 g/mol. The third-order valence-corrected chi connectivity index (χ3v) is 4.90. The summed E-state index contributed by atoms with van der Waals surface area (Å²) in [4.78, 5) is 3.26. The van der Waals surface area contributed by atoms with Crippen molar-refractivity contribution in [2.45, 2.75) is 35.0 Å². The van der Waals surface area contributed by atoms with Crippen molar-refractivity contribution in [3.05, 3.63) is 42.0 Å². The fourth-order valence-corrected chi connectivity index (χ4v) is 3.44. The van der Waals surface area contributed by atoms with E-state index in [2.05, 4.69) is 24.3 Å². The van der Waals surface area contributed by atoms with Crippen LogP contribution in [-0.2, 0) is 6.42 Å². The van der Waals surface area contributed by atoms with Gasteiger partial charge in [-0.2, -0.15) is 5.26 Å². The zero-order valence-corrected chi connectivity index (χ0v) is 16.4. The van der Waals surface area contributed by atoms with Crippen molar-refractivity contribution >= 4 is 23.5 Å². The molecule has 3 nitrogen and oxygen atoms in total. The summed E-state index contributed by atoms with van der Waals surface area (Å²) >= 11 is 3.29. The van der Waals surface area contributed by atoms with Crippen molar-refractivity contribution in [1.29, 1.82) is 5.26 Å². The zero-order valence-electron chi connectivity index (χ0n) is 14.8. The minimum absolute atomic E-state index is 0.401. The second kappa shape index (κ2) is 10.9.